The largest absolute Gasteiger partial charge is 0.325 e. The summed E-state index contributed by atoms with van der Waals surface area (Å²) in [5.74, 6) is -0.518. The van der Waals surface area contributed by atoms with Crippen LogP contribution in [0.15, 0.2) is 77.6 Å². The Morgan fingerprint density at radius 2 is 1.70 bits per heavy atom. The summed E-state index contributed by atoms with van der Waals surface area (Å²) in [5, 5.41) is 7.95. The number of hydrogen-bond acceptors (Lipinski definition) is 6. The van der Waals surface area contributed by atoms with E-state index >= 15 is 0 Å². The summed E-state index contributed by atoms with van der Waals surface area (Å²) < 4.78 is 1.36. The lowest BCUT2D eigenvalue weighted by Gasteiger charge is -2.16. The van der Waals surface area contributed by atoms with E-state index in [0.29, 0.717) is 37.5 Å². The lowest BCUT2D eigenvalue weighted by Crippen LogP contribution is -2.37. The Hall–Kier alpha value is -4.05. The van der Waals surface area contributed by atoms with Crippen LogP contribution in [0, 0.1) is 0 Å². The van der Waals surface area contributed by atoms with Gasteiger partial charge in [0.05, 0.1) is 16.3 Å². The van der Waals surface area contributed by atoms with Gasteiger partial charge in [0.1, 0.15) is 11.1 Å². The van der Waals surface area contributed by atoms with Gasteiger partial charge < -0.3 is 5.32 Å². The van der Waals surface area contributed by atoms with E-state index in [1.54, 1.807) is 66.7 Å². The monoisotopic (exact) mass is 547 g/mol. The van der Waals surface area contributed by atoms with Gasteiger partial charge in [0, 0.05) is 21.8 Å². The van der Waals surface area contributed by atoms with Crippen molar-refractivity contribution in [2.24, 2.45) is 0 Å². The first-order chi connectivity index (χ1) is 17.9. The van der Waals surface area contributed by atoms with E-state index in [-0.39, 0.29) is 28.4 Å². The molecule has 3 aromatic carbocycles. The number of carbonyl (C=O) groups excluding carboxylic acids is 2. The highest BCUT2D eigenvalue weighted by Gasteiger charge is 2.35. The van der Waals surface area contributed by atoms with Gasteiger partial charge in [-0.05, 0) is 36.4 Å². The number of thiazole rings is 1. The number of amides is 2. The number of benzene rings is 3. The normalized spacial score (nSPS) is 14.3. The van der Waals surface area contributed by atoms with Crippen molar-refractivity contribution >= 4 is 68.3 Å². The Kier molecular flexibility index (Phi) is 5.75. The zero-order chi connectivity index (χ0) is 25.7. The minimum absolute atomic E-state index is 0.201. The number of rotatable bonds is 4. The summed E-state index contributed by atoms with van der Waals surface area (Å²) in [7, 11) is 0. The van der Waals surface area contributed by atoms with E-state index in [0.717, 1.165) is 15.9 Å². The van der Waals surface area contributed by atoms with Gasteiger partial charge in [-0.3, -0.25) is 19.3 Å². The number of halogens is 2. The number of nitrogens with zero attached hydrogens (tertiary/aromatic N) is 4. The second-order valence-corrected chi connectivity index (χ2v) is 10.0. The van der Waals surface area contributed by atoms with Gasteiger partial charge in [0.2, 0.25) is 10.9 Å². The third-order valence-electron chi connectivity index (χ3n) is 5.84. The SMILES string of the molecule is O=C(CN1C(=O)C(=c2sc3nc(-c4ccc(Cl)cc4Cl)nn3c2=O)c2ccccc21)Nc1ccccc1. The van der Waals surface area contributed by atoms with Gasteiger partial charge in [0.15, 0.2) is 5.82 Å². The minimum Gasteiger partial charge on any atom is -0.325 e. The average molecular weight is 548 g/mol. The van der Waals surface area contributed by atoms with Gasteiger partial charge in [-0.2, -0.15) is 9.50 Å². The maximum absolute atomic E-state index is 13.6. The van der Waals surface area contributed by atoms with Crippen LogP contribution in [0.4, 0.5) is 11.4 Å². The number of para-hydroxylation sites is 2. The molecule has 2 amide bonds. The van der Waals surface area contributed by atoms with Gasteiger partial charge in [0.25, 0.3) is 11.5 Å². The first-order valence-electron chi connectivity index (χ1n) is 11.1. The highest BCUT2D eigenvalue weighted by molar-refractivity contribution is 7.15. The van der Waals surface area contributed by atoms with Crippen LogP contribution < -0.4 is 20.3 Å². The smallest absolute Gasteiger partial charge is 0.291 e. The van der Waals surface area contributed by atoms with Gasteiger partial charge in [-0.25, -0.2) is 0 Å². The van der Waals surface area contributed by atoms with Crippen molar-refractivity contribution in [1.82, 2.24) is 14.6 Å². The number of hydrogen-bond donors (Lipinski definition) is 1. The van der Waals surface area contributed by atoms with Crippen LogP contribution in [0.3, 0.4) is 0 Å². The molecule has 1 N–H and O–H groups in total. The minimum atomic E-state index is -0.474. The molecule has 0 saturated heterocycles. The number of nitrogens with one attached hydrogen (secondary N) is 1. The number of anilines is 2. The molecule has 37 heavy (non-hydrogen) atoms. The summed E-state index contributed by atoms with van der Waals surface area (Å²) in [4.78, 5) is 45.8. The van der Waals surface area contributed by atoms with Crippen molar-refractivity contribution in [3.05, 3.63) is 103 Å². The second kappa shape index (κ2) is 9.11. The van der Waals surface area contributed by atoms with Crippen molar-refractivity contribution < 1.29 is 9.59 Å². The summed E-state index contributed by atoms with van der Waals surface area (Å²) in [5.41, 5.74) is 2.03. The Labute approximate surface area is 223 Å². The van der Waals surface area contributed by atoms with Gasteiger partial charge in [-0.1, -0.05) is 70.9 Å². The average Bonchev–Trinajstić information content (AvgIpc) is 3.51. The van der Waals surface area contributed by atoms with E-state index in [2.05, 4.69) is 15.4 Å². The van der Waals surface area contributed by atoms with Crippen LogP contribution in [-0.2, 0) is 9.59 Å². The fraction of sp³-hybridized carbons (Fsp3) is 0.0385. The molecule has 0 fully saturated rings. The van der Waals surface area contributed by atoms with Gasteiger partial charge in [-0.15, -0.1) is 5.10 Å². The Morgan fingerprint density at radius 3 is 2.46 bits per heavy atom. The van der Waals surface area contributed by atoms with Crippen molar-refractivity contribution in [1.29, 1.82) is 0 Å². The predicted molar refractivity (Wildman–Crippen MR) is 144 cm³/mol. The van der Waals surface area contributed by atoms with Crippen LogP contribution in [-0.4, -0.2) is 33.0 Å². The molecule has 1 aliphatic rings. The third kappa shape index (κ3) is 4.07. The zero-order valence-corrected chi connectivity index (χ0v) is 21.1. The number of aromatic nitrogens is 3. The van der Waals surface area contributed by atoms with E-state index < -0.39 is 11.5 Å². The number of fused-ring (bicyclic) bond motifs is 2. The molecule has 0 radical (unpaired) electrons. The molecular weight excluding hydrogens is 533 g/mol. The Balaban J connectivity index is 1.41. The van der Waals surface area contributed by atoms with Crippen LogP contribution >= 0.6 is 34.5 Å². The molecule has 5 aromatic rings. The standard InChI is InChI=1S/C26H15Cl2N5O3S/c27-14-10-11-16(18(28)12-14)23-30-26-33(31-23)25(36)22(37-26)21-17-8-4-5-9-19(17)32(24(21)35)13-20(34)29-15-6-2-1-3-7-15/h1-12H,13H2,(H,29,34). The molecule has 0 saturated carbocycles. The molecule has 11 heteroatoms. The van der Waals surface area contributed by atoms with E-state index in [1.165, 1.54) is 4.90 Å². The van der Waals surface area contributed by atoms with E-state index in [4.69, 9.17) is 23.2 Å². The molecule has 0 unspecified atom stereocenters. The molecule has 182 valence electrons. The van der Waals surface area contributed by atoms with Crippen LogP contribution in [0.2, 0.25) is 10.0 Å². The second-order valence-electron chi connectivity index (χ2n) is 8.19. The molecule has 6 rings (SSSR count). The summed E-state index contributed by atoms with van der Waals surface area (Å²) >= 11 is 13.3. The lowest BCUT2D eigenvalue weighted by molar-refractivity contribution is -0.118. The maximum atomic E-state index is 13.6. The van der Waals surface area contributed by atoms with Crippen molar-refractivity contribution in [3.8, 4) is 11.4 Å². The van der Waals surface area contributed by atoms with Gasteiger partial charge >= 0.3 is 0 Å². The molecule has 0 atom stereocenters. The predicted octanol–water partition coefficient (Wildman–Crippen LogP) is 4.03. The molecule has 8 nitrogen and oxygen atoms in total. The van der Waals surface area contributed by atoms with Crippen molar-refractivity contribution in [2.75, 3.05) is 16.8 Å². The topological polar surface area (TPSA) is 96.7 Å². The van der Waals surface area contributed by atoms with Crippen molar-refractivity contribution in [3.63, 3.8) is 0 Å². The molecule has 2 aromatic heterocycles. The summed E-state index contributed by atoms with van der Waals surface area (Å²) in [6.45, 7) is -0.206. The van der Waals surface area contributed by atoms with Crippen LogP contribution in [0.5, 0.6) is 0 Å². The van der Waals surface area contributed by atoms with Crippen LogP contribution in [0.25, 0.3) is 21.9 Å². The molecule has 1 aliphatic heterocycles. The fourth-order valence-electron chi connectivity index (χ4n) is 4.19. The third-order valence-corrected chi connectivity index (χ3v) is 7.42. The highest BCUT2D eigenvalue weighted by atomic mass is 35.5. The quantitative estimate of drug-likeness (QED) is 0.366. The summed E-state index contributed by atoms with van der Waals surface area (Å²) in [6, 6.07) is 21.0. The first kappa shape index (κ1) is 23.4. The first-order valence-corrected chi connectivity index (χ1v) is 12.6. The zero-order valence-electron chi connectivity index (χ0n) is 18.8. The molecule has 0 aliphatic carbocycles. The lowest BCUT2D eigenvalue weighted by atomic mass is 10.1. The highest BCUT2D eigenvalue weighted by Crippen LogP contribution is 2.35. The Morgan fingerprint density at radius 1 is 0.946 bits per heavy atom. The number of carbonyl (C=O) groups is 2. The molecular formula is C26H15Cl2N5O3S. The van der Waals surface area contributed by atoms with E-state index in [1.807, 2.05) is 6.07 Å². The fourth-order valence-corrected chi connectivity index (χ4v) is 5.68. The van der Waals surface area contributed by atoms with Crippen molar-refractivity contribution in [2.45, 2.75) is 0 Å². The Bertz CT molecular complexity index is 1830. The molecule has 0 bridgehead atoms. The summed E-state index contributed by atoms with van der Waals surface area (Å²) in [6.07, 6.45) is 0. The van der Waals surface area contributed by atoms with Crippen LogP contribution in [0.1, 0.15) is 5.56 Å². The molecule has 0 spiro atoms. The maximum Gasteiger partial charge on any atom is 0.291 e. The van der Waals surface area contributed by atoms with E-state index in [9.17, 15) is 14.4 Å². The molecule has 3 heterocycles.